The number of rotatable bonds is 3. The van der Waals surface area contributed by atoms with Gasteiger partial charge in [0.15, 0.2) is 0 Å². The molecule has 1 aliphatic rings. The van der Waals surface area contributed by atoms with Crippen molar-refractivity contribution in [2.24, 2.45) is 0 Å². The first-order valence-electron chi connectivity index (χ1n) is 6.31. The Hall–Kier alpha value is -1.49. The zero-order chi connectivity index (χ0) is 14.8. The molecular weight excluding hydrogens is 322 g/mol. The Balaban J connectivity index is 2.13. The minimum atomic E-state index is -0.127. The number of thiophene rings is 1. The summed E-state index contributed by atoms with van der Waals surface area (Å²) in [6.07, 6.45) is 3.82. The van der Waals surface area contributed by atoms with E-state index in [-0.39, 0.29) is 10.8 Å². The van der Waals surface area contributed by atoms with Gasteiger partial charge in [-0.25, -0.2) is 0 Å². The van der Waals surface area contributed by atoms with E-state index < -0.39 is 0 Å². The highest BCUT2D eigenvalue weighted by Gasteiger charge is 2.34. The number of para-hydroxylation sites is 1. The molecule has 2 nitrogen and oxygen atoms in total. The van der Waals surface area contributed by atoms with Crippen molar-refractivity contribution in [3.05, 3.63) is 68.5 Å². The van der Waals surface area contributed by atoms with Crippen LogP contribution >= 0.6 is 34.7 Å². The minimum absolute atomic E-state index is 0.127. The van der Waals surface area contributed by atoms with Crippen LogP contribution in [0, 0.1) is 0 Å². The van der Waals surface area contributed by atoms with Crippen molar-refractivity contribution in [3.8, 4) is 0 Å². The lowest BCUT2D eigenvalue weighted by Gasteiger charge is -2.21. The third-order valence-corrected chi connectivity index (χ3v) is 5.15. The average molecular weight is 334 g/mol. The van der Waals surface area contributed by atoms with E-state index in [4.69, 9.17) is 11.6 Å². The molecule has 0 amide bonds. The molecule has 106 valence electrons. The fourth-order valence-corrected chi connectivity index (χ4v) is 3.89. The molecule has 2 heterocycles. The lowest BCUT2D eigenvalue weighted by molar-refractivity contribution is -0.111. The molecular formula is C16H12ClNOS2. The van der Waals surface area contributed by atoms with Gasteiger partial charge in [0.25, 0.3) is 0 Å². The zero-order valence-corrected chi connectivity index (χ0v) is 13.6. The van der Waals surface area contributed by atoms with Crippen molar-refractivity contribution >= 4 is 52.2 Å². The average Bonchev–Trinajstić information content (AvgIpc) is 3.10. The first kappa shape index (κ1) is 14.4. The summed E-state index contributed by atoms with van der Waals surface area (Å²) in [5.74, 6) is -0.127. The maximum Gasteiger partial charge on any atom is 0.223 e. The summed E-state index contributed by atoms with van der Waals surface area (Å²) in [4.78, 5) is 15.4. The Bertz CT molecular complexity index is 720. The molecule has 0 N–H and O–H groups in total. The van der Waals surface area contributed by atoms with E-state index in [9.17, 15) is 4.79 Å². The van der Waals surface area contributed by atoms with Crippen molar-refractivity contribution < 1.29 is 4.79 Å². The van der Waals surface area contributed by atoms with Crippen LogP contribution < -0.4 is 4.90 Å². The number of hydrogen-bond acceptors (Lipinski definition) is 4. The Morgan fingerprint density at radius 1 is 1.19 bits per heavy atom. The fraction of sp³-hybridized carbons (Fsp3) is 0.0625. The number of nitrogens with zero attached hydrogens (tertiary/aromatic N) is 1. The zero-order valence-electron chi connectivity index (χ0n) is 11.2. The van der Waals surface area contributed by atoms with E-state index >= 15 is 0 Å². The largest absolute Gasteiger partial charge is 0.300 e. The number of carbonyl (C=O) groups is 1. The van der Waals surface area contributed by atoms with Gasteiger partial charge in [-0.05, 0) is 35.9 Å². The smallest absolute Gasteiger partial charge is 0.223 e. The van der Waals surface area contributed by atoms with E-state index in [0.717, 1.165) is 15.6 Å². The van der Waals surface area contributed by atoms with E-state index in [0.29, 0.717) is 5.70 Å². The Labute approximate surface area is 136 Å². The summed E-state index contributed by atoms with van der Waals surface area (Å²) in [7, 11) is 0. The molecule has 0 unspecified atom stereocenters. The van der Waals surface area contributed by atoms with Gasteiger partial charge in [0.2, 0.25) is 5.78 Å². The van der Waals surface area contributed by atoms with E-state index in [1.807, 2.05) is 65.1 Å². The quantitative estimate of drug-likeness (QED) is 0.741. The van der Waals surface area contributed by atoms with Gasteiger partial charge >= 0.3 is 0 Å². The second-order valence-corrected chi connectivity index (χ2v) is 6.52. The van der Waals surface area contributed by atoms with E-state index in [2.05, 4.69) is 0 Å². The lowest BCUT2D eigenvalue weighted by Crippen LogP contribution is -2.17. The highest BCUT2D eigenvalue weighted by molar-refractivity contribution is 8.02. The van der Waals surface area contributed by atoms with E-state index in [1.54, 1.807) is 11.3 Å². The Kier molecular flexibility index (Phi) is 4.19. The highest BCUT2D eigenvalue weighted by Crippen LogP contribution is 2.41. The first-order chi connectivity index (χ1) is 10.2. The van der Waals surface area contributed by atoms with Crippen LogP contribution in [0.4, 0.5) is 5.69 Å². The molecule has 0 fully saturated rings. The van der Waals surface area contributed by atoms with Gasteiger partial charge in [-0.1, -0.05) is 35.9 Å². The standard InChI is InChI=1S/C16H12ClNOS2/c1-20-16-14(17)15(19)13(10-12-8-5-9-21-12)18(16)11-6-3-2-4-7-11/h2-10H,1H3/b13-10+. The maximum atomic E-state index is 12.5. The molecule has 1 aromatic heterocycles. The molecule has 2 aromatic rings. The fourth-order valence-electron chi connectivity index (χ4n) is 2.17. The molecule has 0 saturated carbocycles. The van der Waals surface area contributed by atoms with Crippen molar-refractivity contribution in [1.29, 1.82) is 0 Å². The number of thioether (sulfide) groups is 1. The number of halogens is 1. The summed E-state index contributed by atoms with van der Waals surface area (Å²) < 4.78 is 0. The number of benzene rings is 1. The van der Waals surface area contributed by atoms with Crippen molar-refractivity contribution in [2.75, 3.05) is 11.2 Å². The van der Waals surface area contributed by atoms with Gasteiger partial charge in [-0.3, -0.25) is 9.69 Å². The summed E-state index contributed by atoms with van der Waals surface area (Å²) >= 11 is 9.31. The Morgan fingerprint density at radius 3 is 2.57 bits per heavy atom. The second kappa shape index (κ2) is 6.10. The predicted molar refractivity (Wildman–Crippen MR) is 92.6 cm³/mol. The van der Waals surface area contributed by atoms with Gasteiger partial charge < -0.3 is 0 Å². The monoisotopic (exact) mass is 333 g/mol. The van der Waals surface area contributed by atoms with Crippen LogP contribution in [-0.2, 0) is 4.79 Å². The summed E-state index contributed by atoms with van der Waals surface area (Å²) in [5, 5.41) is 3.05. The normalized spacial score (nSPS) is 17.1. The van der Waals surface area contributed by atoms with E-state index in [1.165, 1.54) is 11.8 Å². The topological polar surface area (TPSA) is 20.3 Å². The number of carbonyl (C=O) groups excluding carboxylic acids is 1. The second-order valence-electron chi connectivity index (χ2n) is 4.37. The van der Waals surface area contributed by atoms with Gasteiger partial charge in [0, 0.05) is 10.6 Å². The van der Waals surface area contributed by atoms with Crippen molar-refractivity contribution in [1.82, 2.24) is 0 Å². The molecule has 21 heavy (non-hydrogen) atoms. The summed E-state index contributed by atoms with van der Waals surface area (Å²) in [5.41, 5.74) is 1.53. The van der Waals surface area contributed by atoms with Gasteiger partial charge in [0.05, 0.1) is 5.70 Å². The van der Waals surface area contributed by atoms with Gasteiger partial charge in [-0.15, -0.1) is 23.1 Å². The van der Waals surface area contributed by atoms with Gasteiger partial charge in [-0.2, -0.15) is 0 Å². The van der Waals surface area contributed by atoms with Crippen molar-refractivity contribution in [3.63, 3.8) is 0 Å². The molecule has 0 spiro atoms. The molecule has 5 heteroatoms. The number of anilines is 1. The predicted octanol–water partition coefficient (Wildman–Crippen LogP) is 4.95. The summed E-state index contributed by atoms with van der Waals surface area (Å²) in [6.45, 7) is 0. The molecule has 1 aromatic carbocycles. The van der Waals surface area contributed by atoms with Crippen LogP contribution in [-0.4, -0.2) is 12.0 Å². The molecule has 0 saturated heterocycles. The molecule has 3 rings (SSSR count). The molecule has 0 bridgehead atoms. The number of Topliss-reactive ketones (excluding diaryl/α,β-unsaturated/α-hetero) is 1. The van der Waals surface area contributed by atoms with Gasteiger partial charge in [0.1, 0.15) is 10.1 Å². The van der Waals surface area contributed by atoms with Crippen LogP contribution in [0.1, 0.15) is 4.88 Å². The highest BCUT2D eigenvalue weighted by atomic mass is 35.5. The van der Waals surface area contributed by atoms with Crippen molar-refractivity contribution in [2.45, 2.75) is 0 Å². The Morgan fingerprint density at radius 2 is 1.95 bits per heavy atom. The first-order valence-corrected chi connectivity index (χ1v) is 8.79. The summed E-state index contributed by atoms with van der Waals surface area (Å²) in [6, 6.07) is 13.8. The van der Waals surface area contributed by atoms with Crippen LogP contribution in [0.25, 0.3) is 6.08 Å². The molecule has 0 radical (unpaired) electrons. The maximum absolute atomic E-state index is 12.5. The third kappa shape index (κ3) is 2.67. The SMILES string of the molecule is CSC1=C(Cl)C(=O)/C(=C\c2cccs2)N1c1ccccc1. The molecule has 0 aliphatic carbocycles. The minimum Gasteiger partial charge on any atom is -0.300 e. The lowest BCUT2D eigenvalue weighted by atomic mass is 10.2. The number of ketones is 1. The number of hydrogen-bond donors (Lipinski definition) is 0. The van der Waals surface area contributed by atoms with Crippen LogP contribution in [0.2, 0.25) is 0 Å². The van der Waals surface area contributed by atoms with Crippen LogP contribution in [0.15, 0.2) is 63.6 Å². The number of allylic oxidation sites excluding steroid dienone is 1. The third-order valence-electron chi connectivity index (χ3n) is 3.09. The molecule has 1 aliphatic heterocycles. The molecule has 0 atom stereocenters. The van der Waals surface area contributed by atoms with Crippen LogP contribution in [0.3, 0.4) is 0 Å². The van der Waals surface area contributed by atoms with Crippen LogP contribution in [0.5, 0.6) is 0 Å².